The number of carbonyl (C=O) groups is 1. The molecular formula is C16H26ClNO. The van der Waals surface area contributed by atoms with Gasteiger partial charge < -0.3 is 4.90 Å². The van der Waals surface area contributed by atoms with E-state index in [1.54, 1.807) is 0 Å². The summed E-state index contributed by atoms with van der Waals surface area (Å²) >= 11 is 5.97. The predicted molar refractivity (Wildman–Crippen MR) is 85.3 cm³/mol. The first-order valence-corrected chi connectivity index (χ1v) is 7.57. The van der Waals surface area contributed by atoms with Crippen LogP contribution in [0.1, 0.15) is 46.1 Å². The van der Waals surface area contributed by atoms with Crippen LogP contribution in [0.3, 0.4) is 0 Å². The van der Waals surface area contributed by atoms with Crippen molar-refractivity contribution in [2.75, 3.05) is 18.0 Å². The normalized spacial score (nSPS) is 14.0. The number of anilines is 1. The molecule has 2 rings (SSSR count). The SMILES string of the molecule is CC.CC.Cc1cc(N2CCC(=O)CC2)ccc1Cl. The first-order valence-electron chi connectivity index (χ1n) is 7.19. The van der Waals surface area contributed by atoms with Crippen molar-refractivity contribution in [3.8, 4) is 0 Å². The number of ketones is 1. The largest absolute Gasteiger partial charge is 0.371 e. The van der Waals surface area contributed by atoms with Crippen molar-refractivity contribution in [1.29, 1.82) is 0 Å². The Bertz CT molecular complexity index is 380. The van der Waals surface area contributed by atoms with Crippen LogP contribution in [0.25, 0.3) is 0 Å². The van der Waals surface area contributed by atoms with Crippen LogP contribution < -0.4 is 4.90 Å². The molecule has 1 aliphatic heterocycles. The minimum atomic E-state index is 0.372. The first-order chi connectivity index (χ1) is 9.16. The van der Waals surface area contributed by atoms with Gasteiger partial charge in [0.05, 0.1) is 0 Å². The number of nitrogens with zero attached hydrogens (tertiary/aromatic N) is 1. The van der Waals surface area contributed by atoms with E-state index in [4.69, 9.17) is 11.6 Å². The predicted octanol–water partition coefficient (Wildman–Crippen LogP) is 4.87. The number of rotatable bonds is 1. The summed E-state index contributed by atoms with van der Waals surface area (Å²) in [5, 5.41) is 0.798. The monoisotopic (exact) mass is 283 g/mol. The maximum absolute atomic E-state index is 11.1. The summed E-state index contributed by atoms with van der Waals surface area (Å²) in [5.41, 5.74) is 2.26. The second kappa shape index (κ2) is 9.85. The third-order valence-electron chi connectivity index (χ3n) is 2.83. The summed E-state index contributed by atoms with van der Waals surface area (Å²) in [6.07, 6.45) is 1.34. The van der Waals surface area contributed by atoms with E-state index in [0.29, 0.717) is 18.6 Å². The lowest BCUT2D eigenvalue weighted by atomic mass is 10.1. The molecule has 0 bridgehead atoms. The van der Waals surface area contributed by atoms with E-state index >= 15 is 0 Å². The van der Waals surface area contributed by atoms with Crippen LogP contribution in [0.2, 0.25) is 5.02 Å². The molecule has 0 N–H and O–H groups in total. The number of benzene rings is 1. The average molecular weight is 284 g/mol. The fourth-order valence-corrected chi connectivity index (χ4v) is 1.96. The Labute approximate surface area is 122 Å². The zero-order valence-electron chi connectivity index (χ0n) is 12.8. The highest BCUT2D eigenvalue weighted by Crippen LogP contribution is 2.24. The smallest absolute Gasteiger partial charge is 0.136 e. The minimum Gasteiger partial charge on any atom is -0.371 e. The molecule has 1 aromatic rings. The van der Waals surface area contributed by atoms with Gasteiger partial charge in [-0.15, -0.1) is 0 Å². The van der Waals surface area contributed by atoms with Gasteiger partial charge in [0.2, 0.25) is 0 Å². The zero-order chi connectivity index (χ0) is 14.8. The fourth-order valence-electron chi connectivity index (χ4n) is 1.84. The van der Waals surface area contributed by atoms with E-state index in [1.165, 1.54) is 5.69 Å². The third-order valence-corrected chi connectivity index (χ3v) is 3.25. The molecule has 2 nitrogen and oxygen atoms in total. The van der Waals surface area contributed by atoms with Gasteiger partial charge in [0.15, 0.2) is 0 Å². The van der Waals surface area contributed by atoms with Gasteiger partial charge in [-0.25, -0.2) is 0 Å². The van der Waals surface area contributed by atoms with Gasteiger partial charge in [-0.05, 0) is 30.7 Å². The molecular weight excluding hydrogens is 258 g/mol. The Morgan fingerprint density at radius 1 is 1.05 bits per heavy atom. The van der Waals surface area contributed by atoms with Crippen molar-refractivity contribution in [3.05, 3.63) is 28.8 Å². The summed E-state index contributed by atoms with van der Waals surface area (Å²) in [6, 6.07) is 6.02. The number of Topliss-reactive ketones (excluding diaryl/α,β-unsaturated/α-hetero) is 1. The van der Waals surface area contributed by atoms with Crippen molar-refractivity contribution in [2.24, 2.45) is 0 Å². The van der Waals surface area contributed by atoms with Gasteiger partial charge >= 0.3 is 0 Å². The second-order valence-electron chi connectivity index (χ2n) is 3.96. The molecule has 0 radical (unpaired) electrons. The maximum atomic E-state index is 11.1. The van der Waals surface area contributed by atoms with Crippen LogP contribution in [0.5, 0.6) is 0 Å². The Hall–Kier alpha value is -1.02. The molecule has 0 saturated carbocycles. The number of hydrogen-bond acceptors (Lipinski definition) is 2. The molecule has 1 aromatic carbocycles. The Balaban J connectivity index is 0.000000741. The molecule has 108 valence electrons. The topological polar surface area (TPSA) is 20.3 Å². The van der Waals surface area contributed by atoms with Crippen LogP contribution in [0, 0.1) is 6.92 Å². The van der Waals surface area contributed by atoms with Crippen molar-refractivity contribution >= 4 is 23.1 Å². The average Bonchev–Trinajstić information content (AvgIpc) is 2.47. The molecule has 0 unspecified atom stereocenters. The summed E-state index contributed by atoms with van der Waals surface area (Å²) < 4.78 is 0. The van der Waals surface area contributed by atoms with Gasteiger partial charge in [-0.1, -0.05) is 39.3 Å². The highest BCUT2D eigenvalue weighted by atomic mass is 35.5. The first kappa shape index (κ1) is 18.0. The van der Waals surface area contributed by atoms with Crippen molar-refractivity contribution in [2.45, 2.75) is 47.5 Å². The van der Waals surface area contributed by atoms with E-state index in [9.17, 15) is 4.79 Å². The molecule has 0 aromatic heterocycles. The number of piperidine rings is 1. The van der Waals surface area contributed by atoms with E-state index in [-0.39, 0.29) is 0 Å². The number of hydrogen-bond donors (Lipinski definition) is 0. The summed E-state index contributed by atoms with van der Waals surface area (Å²) in [4.78, 5) is 13.4. The lowest BCUT2D eigenvalue weighted by Crippen LogP contribution is -2.33. The molecule has 0 amide bonds. The summed E-state index contributed by atoms with van der Waals surface area (Å²) in [6.45, 7) is 11.7. The van der Waals surface area contributed by atoms with E-state index in [1.807, 2.05) is 46.8 Å². The maximum Gasteiger partial charge on any atom is 0.136 e. The van der Waals surface area contributed by atoms with E-state index in [2.05, 4.69) is 11.0 Å². The van der Waals surface area contributed by atoms with Crippen molar-refractivity contribution in [1.82, 2.24) is 0 Å². The van der Waals surface area contributed by atoms with Crippen LogP contribution >= 0.6 is 11.6 Å². The van der Waals surface area contributed by atoms with Gasteiger partial charge in [0.25, 0.3) is 0 Å². The van der Waals surface area contributed by atoms with Crippen LogP contribution in [-0.2, 0) is 4.79 Å². The number of halogens is 1. The van der Waals surface area contributed by atoms with Gasteiger partial charge in [0, 0.05) is 36.6 Å². The molecule has 1 fully saturated rings. The van der Waals surface area contributed by atoms with Crippen molar-refractivity contribution in [3.63, 3.8) is 0 Å². The Morgan fingerprint density at radius 2 is 1.58 bits per heavy atom. The number of carbonyl (C=O) groups excluding carboxylic acids is 1. The lowest BCUT2D eigenvalue weighted by molar-refractivity contribution is -0.119. The molecule has 0 aliphatic carbocycles. The quantitative estimate of drug-likeness (QED) is 0.733. The standard InChI is InChI=1S/C12H14ClNO.2C2H6/c1-9-8-10(2-3-12(9)13)14-6-4-11(15)5-7-14;2*1-2/h2-3,8H,4-7H2,1H3;2*1-2H3. The molecule has 0 atom stereocenters. The zero-order valence-corrected chi connectivity index (χ0v) is 13.5. The van der Waals surface area contributed by atoms with E-state index in [0.717, 1.165) is 23.7 Å². The molecule has 0 spiro atoms. The molecule has 1 saturated heterocycles. The van der Waals surface area contributed by atoms with Gasteiger partial charge in [-0.2, -0.15) is 0 Å². The second-order valence-corrected chi connectivity index (χ2v) is 4.37. The van der Waals surface area contributed by atoms with Crippen LogP contribution in [0.15, 0.2) is 18.2 Å². The van der Waals surface area contributed by atoms with Gasteiger partial charge in [-0.3, -0.25) is 4.79 Å². The molecule has 19 heavy (non-hydrogen) atoms. The lowest BCUT2D eigenvalue weighted by Gasteiger charge is -2.28. The Morgan fingerprint density at radius 3 is 2.05 bits per heavy atom. The van der Waals surface area contributed by atoms with E-state index < -0.39 is 0 Å². The van der Waals surface area contributed by atoms with Crippen LogP contribution in [-0.4, -0.2) is 18.9 Å². The molecule has 1 heterocycles. The highest BCUT2D eigenvalue weighted by Gasteiger charge is 2.16. The molecule has 3 heteroatoms. The molecule has 1 aliphatic rings. The summed E-state index contributed by atoms with van der Waals surface area (Å²) in [5.74, 6) is 0.372. The third kappa shape index (κ3) is 5.65. The Kier molecular flexibility index (Phi) is 9.32. The van der Waals surface area contributed by atoms with Crippen LogP contribution in [0.4, 0.5) is 5.69 Å². The summed E-state index contributed by atoms with van der Waals surface area (Å²) in [7, 11) is 0. The highest BCUT2D eigenvalue weighted by molar-refractivity contribution is 6.31. The van der Waals surface area contributed by atoms with Gasteiger partial charge in [0.1, 0.15) is 5.78 Å². The van der Waals surface area contributed by atoms with Crippen molar-refractivity contribution < 1.29 is 4.79 Å². The minimum absolute atomic E-state index is 0.372. The number of aryl methyl sites for hydroxylation is 1. The fraction of sp³-hybridized carbons (Fsp3) is 0.562.